The summed E-state index contributed by atoms with van der Waals surface area (Å²) in [6, 6.07) is 9.35. The van der Waals surface area contributed by atoms with Crippen LogP contribution in [-0.2, 0) is 0 Å². The first kappa shape index (κ1) is 14.1. The summed E-state index contributed by atoms with van der Waals surface area (Å²) in [6.07, 6.45) is 1.61. The molecule has 0 radical (unpaired) electrons. The minimum Gasteiger partial charge on any atom is -0.317 e. The Morgan fingerprint density at radius 3 is 2.70 bits per heavy atom. The molecule has 0 aliphatic rings. The van der Waals surface area contributed by atoms with E-state index in [1.165, 1.54) is 18.2 Å². The van der Waals surface area contributed by atoms with Gasteiger partial charge in [-0.3, -0.25) is 10.1 Å². The van der Waals surface area contributed by atoms with Crippen molar-refractivity contribution in [2.45, 2.75) is 6.92 Å². The summed E-state index contributed by atoms with van der Waals surface area (Å²) >= 11 is 5.01. The molecule has 0 bridgehead atoms. The van der Waals surface area contributed by atoms with E-state index in [0.29, 0.717) is 5.82 Å². The molecule has 1 amide bonds. The lowest BCUT2D eigenvalue weighted by Crippen LogP contribution is -2.35. The van der Waals surface area contributed by atoms with E-state index >= 15 is 0 Å². The second-order valence-electron chi connectivity index (χ2n) is 4.06. The van der Waals surface area contributed by atoms with Gasteiger partial charge in [-0.25, -0.2) is 9.37 Å². The van der Waals surface area contributed by atoms with Crippen molar-refractivity contribution < 1.29 is 9.18 Å². The third-order valence-corrected chi connectivity index (χ3v) is 2.79. The average Bonchev–Trinajstić information content (AvgIpc) is 2.41. The number of aryl methyl sites for hydroxylation is 1. The van der Waals surface area contributed by atoms with Gasteiger partial charge in [-0.15, -0.1) is 0 Å². The number of hydrogen-bond acceptors (Lipinski definition) is 3. The van der Waals surface area contributed by atoms with Gasteiger partial charge in [0.2, 0.25) is 0 Å². The predicted octanol–water partition coefficient (Wildman–Crippen LogP) is 2.66. The quantitative estimate of drug-likeness (QED) is 0.835. The number of nitrogens with one attached hydrogen (secondary N) is 2. The maximum absolute atomic E-state index is 13.4. The smallest absolute Gasteiger partial charge is 0.260 e. The van der Waals surface area contributed by atoms with Crippen LogP contribution >= 0.6 is 12.2 Å². The first-order valence-corrected chi connectivity index (χ1v) is 6.27. The predicted molar refractivity (Wildman–Crippen MR) is 79.1 cm³/mol. The highest BCUT2D eigenvalue weighted by atomic mass is 32.1. The van der Waals surface area contributed by atoms with Gasteiger partial charge in [-0.2, -0.15) is 0 Å². The van der Waals surface area contributed by atoms with Crippen molar-refractivity contribution in [1.29, 1.82) is 0 Å². The van der Waals surface area contributed by atoms with Crippen molar-refractivity contribution in [3.63, 3.8) is 0 Å². The minimum atomic E-state index is -0.603. The van der Waals surface area contributed by atoms with Gasteiger partial charge in [0.15, 0.2) is 5.11 Å². The monoisotopic (exact) mass is 289 g/mol. The number of nitrogens with zero attached hydrogens (tertiary/aromatic N) is 1. The van der Waals surface area contributed by atoms with Crippen LogP contribution in [0.25, 0.3) is 0 Å². The Morgan fingerprint density at radius 2 is 2.00 bits per heavy atom. The van der Waals surface area contributed by atoms with E-state index in [1.54, 1.807) is 18.3 Å². The molecule has 0 fully saturated rings. The molecular weight excluding hydrogens is 277 g/mol. The van der Waals surface area contributed by atoms with E-state index < -0.39 is 11.7 Å². The Balaban J connectivity index is 2.04. The van der Waals surface area contributed by atoms with Crippen LogP contribution in [0.3, 0.4) is 0 Å². The number of thiocarbonyl (C=S) groups is 1. The van der Waals surface area contributed by atoms with Gasteiger partial charge in [0.05, 0.1) is 5.56 Å². The lowest BCUT2D eigenvalue weighted by atomic mass is 10.2. The van der Waals surface area contributed by atoms with Gasteiger partial charge in [0, 0.05) is 6.20 Å². The number of pyridine rings is 1. The first-order chi connectivity index (χ1) is 9.58. The molecular formula is C14H12FN3OS. The first-order valence-electron chi connectivity index (χ1n) is 5.86. The van der Waals surface area contributed by atoms with E-state index in [9.17, 15) is 9.18 Å². The highest BCUT2D eigenvalue weighted by Crippen LogP contribution is 2.09. The third-order valence-electron chi connectivity index (χ3n) is 2.59. The molecule has 1 aromatic carbocycles. The average molecular weight is 289 g/mol. The maximum atomic E-state index is 13.4. The zero-order chi connectivity index (χ0) is 14.5. The summed E-state index contributed by atoms with van der Waals surface area (Å²) in [5.41, 5.74) is 0.824. The number of halogens is 1. The zero-order valence-electron chi connectivity index (χ0n) is 10.7. The van der Waals surface area contributed by atoms with Crippen molar-refractivity contribution in [2.24, 2.45) is 0 Å². The molecule has 0 spiro atoms. The zero-order valence-corrected chi connectivity index (χ0v) is 11.5. The molecule has 1 heterocycles. The number of rotatable bonds is 2. The summed E-state index contributed by atoms with van der Waals surface area (Å²) < 4.78 is 13.4. The van der Waals surface area contributed by atoms with Crippen LogP contribution in [0.4, 0.5) is 10.2 Å². The molecule has 1 aromatic heterocycles. The Morgan fingerprint density at radius 1 is 1.25 bits per heavy atom. The highest BCUT2D eigenvalue weighted by Gasteiger charge is 2.12. The van der Waals surface area contributed by atoms with Crippen LogP contribution in [0.5, 0.6) is 0 Å². The van der Waals surface area contributed by atoms with Crippen molar-refractivity contribution >= 4 is 29.1 Å². The molecule has 2 aromatic rings. The molecule has 0 aliphatic heterocycles. The lowest BCUT2D eigenvalue weighted by molar-refractivity contribution is 0.0974. The minimum absolute atomic E-state index is 0.0607. The Kier molecular flexibility index (Phi) is 4.37. The fraction of sp³-hybridized carbons (Fsp3) is 0.0714. The van der Waals surface area contributed by atoms with Crippen molar-refractivity contribution in [1.82, 2.24) is 10.3 Å². The largest absolute Gasteiger partial charge is 0.317 e. The normalized spacial score (nSPS) is 9.90. The molecule has 2 N–H and O–H groups in total. The summed E-state index contributed by atoms with van der Waals surface area (Å²) in [7, 11) is 0. The number of anilines is 1. The number of hydrogen-bond donors (Lipinski definition) is 2. The third kappa shape index (κ3) is 3.36. The van der Waals surface area contributed by atoms with Crippen molar-refractivity contribution in [2.75, 3.05) is 5.32 Å². The van der Waals surface area contributed by atoms with Crippen LogP contribution in [0, 0.1) is 12.7 Å². The fourth-order valence-corrected chi connectivity index (χ4v) is 1.76. The maximum Gasteiger partial charge on any atom is 0.260 e. The summed E-state index contributed by atoms with van der Waals surface area (Å²) in [4.78, 5) is 15.9. The SMILES string of the molecule is Cc1cccnc1NC(=S)NC(=O)c1ccccc1F. The van der Waals surface area contributed by atoms with Crippen LogP contribution in [0.1, 0.15) is 15.9 Å². The van der Waals surface area contributed by atoms with Crippen LogP contribution in [0.15, 0.2) is 42.6 Å². The molecule has 0 atom stereocenters. The second kappa shape index (κ2) is 6.21. The molecule has 6 heteroatoms. The summed E-state index contributed by atoms with van der Waals surface area (Å²) in [5.74, 6) is -0.651. The van der Waals surface area contributed by atoms with Crippen LogP contribution in [-0.4, -0.2) is 16.0 Å². The van der Waals surface area contributed by atoms with Crippen molar-refractivity contribution in [3.8, 4) is 0 Å². The Bertz CT molecular complexity index is 660. The molecule has 102 valence electrons. The molecule has 0 saturated carbocycles. The second-order valence-corrected chi connectivity index (χ2v) is 4.47. The molecule has 20 heavy (non-hydrogen) atoms. The van der Waals surface area contributed by atoms with Crippen LogP contribution < -0.4 is 10.6 Å². The molecule has 0 aliphatic carbocycles. The number of carbonyl (C=O) groups is 1. The van der Waals surface area contributed by atoms with Gasteiger partial charge < -0.3 is 5.32 Å². The van der Waals surface area contributed by atoms with E-state index in [0.717, 1.165) is 5.56 Å². The van der Waals surface area contributed by atoms with E-state index in [1.807, 2.05) is 13.0 Å². The molecule has 0 saturated heterocycles. The number of carbonyl (C=O) groups excluding carboxylic acids is 1. The lowest BCUT2D eigenvalue weighted by Gasteiger charge is -2.10. The highest BCUT2D eigenvalue weighted by molar-refractivity contribution is 7.80. The van der Waals surface area contributed by atoms with E-state index in [4.69, 9.17) is 12.2 Å². The topological polar surface area (TPSA) is 54.0 Å². The van der Waals surface area contributed by atoms with Gasteiger partial charge in [-0.05, 0) is 42.9 Å². The van der Waals surface area contributed by atoms with Gasteiger partial charge >= 0.3 is 0 Å². The number of benzene rings is 1. The summed E-state index contributed by atoms with van der Waals surface area (Å²) in [5, 5.41) is 5.28. The summed E-state index contributed by atoms with van der Waals surface area (Å²) in [6.45, 7) is 1.86. The fourth-order valence-electron chi connectivity index (χ4n) is 1.57. The van der Waals surface area contributed by atoms with Gasteiger partial charge in [0.25, 0.3) is 5.91 Å². The van der Waals surface area contributed by atoms with Gasteiger partial charge in [-0.1, -0.05) is 18.2 Å². The Labute approximate surface area is 121 Å². The van der Waals surface area contributed by atoms with Gasteiger partial charge in [0.1, 0.15) is 11.6 Å². The van der Waals surface area contributed by atoms with E-state index in [-0.39, 0.29) is 10.7 Å². The standard InChI is InChI=1S/C14H12FN3OS/c1-9-5-4-8-16-12(9)17-14(20)18-13(19)10-6-2-3-7-11(10)15/h2-8H,1H3,(H2,16,17,18,19,20). The number of aromatic nitrogens is 1. The van der Waals surface area contributed by atoms with Crippen molar-refractivity contribution in [3.05, 3.63) is 59.5 Å². The molecule has 4 nitrogen and oxygen atoms in total. The number of amides is 1. The molecule has 0 unspecified atom stereocenters. The van der Waals surface area contributed by atoms with Crippen LogP contribution in [0.2, 0.25) is 0 Å². The Hall–Kier alpha value is -2.34. The molecule has 2 rings (SSSR count). The van der Waals surface area contributed by atoms with E-state index in [2.05, 4.69) is 15.6 Å².